The fourth-order valence-corrected chi connectivity index (χ4v) is 5.92. The van der Waals surface area contributed by atoms with E-state index >= 15 is 0 Å². The van der Waals surface area contributed by atoms with E-state index in [2.05, 4.69) is 41.4 Å². The molecule has 7 nitrogen and oxygen atoms in total. The molecule has 0 spiro atoms. The van der Waals surface area contributed by atoms with E-state index in [0.717, 1.165) is 49.9 Å². The Kier molecular flexibility index (Phi) is 9.25. The van der Waals surface area contributed by atoms with Crippen LogP contribution in [0.2, 0.25) is 0 Å². The molecule has 2 unspecified atom stereocenters. The number of aromatic nitrogens is 1. The first-order chi connectivity index (χ1) is 18.3. The number of pyridine rings is 1. The van der Waals surface area contributed by atoms with Crippen molar-refractivity contribution in [2.24, 2.45) is 17.8 Å². The number of piperidine rings is 1. The normalized spacial score (nSPS) is 22.6. The van der Waals surface area contributed by atoms with Crippen LogP contribution >= 0.6 is 0 Å². The highest BCUT2D eigenvalue weighted by molar-refractivity contribution is 6.06. The quantitative estimate of drug-likeness (QED) is 0.304. The van der Waals surface area contributed by atoms with Gasteiger partial charge in [0.2, 0.25) is 0 Å². The number of hydrogen-bond donors (Lipinski definition) is 2. The van der Waals surface area contributed by atoms with Crippen LogP contribution in [0.4, 0.5) is 5.82 Å². The Morgan fingerprint density at radius 3 is 2.55 bits per heavy atom. The van der Waals surface area contributed by atoms with Gasteiger partial charge in [0.1, 0.15) is 5.82 Å². The highest BCUT2D eigenvalue weighted by Crippen LogP contribution is 2.39. The van der Waals surface area contributed by atoms with Gasteiger partial charge in [-0.25, -0.2) is 9.78 Å². The molecule has 1 saturated carbocycles. The maximum Gasteiger partial charge on any atom is 0.357 e. The number of nitriles is 1. The number of allylic oxidation sites excluding steroid dienone is 3. The van der Waals surface area contributed by atoms with E-state index in [1.54, 1.807) is 6.92 Å². The van der Waals surface area contributed by atoms with Crippen LogP contribution in [0.5, 0.6) is 0 Å². The number of nitrogens with zero attached hydrogens (tertiary/aromatic N) is 3. The van der Waals surface area contributed by atoms with Gasteiger partial charge in [-0.2, -0.15) is 5.26 Å². The summed E-state index contributed by atoms with van der Waals surface area (Å²) >= 11 is 0. The van der Waals surface area contributed by atoms with Crippen molar-refractivity contribution in [1.82, 2.24) is 9.88 Å². The third-order valence-electron chi connectivity index (χ3n) is 8.20. The van der Waals surface area contributed by atoms with Crippen molar-refractivity contribution in [3.05, 3.63) is 46.8 Å². The van der Waals surface area contributed by atoms with E-state index in [0.29, 0.717) is 29.9 Å². The van der Waals surface area contributed by atoms with Crippen molar-refractivity contribution < 1.29 is 9.53 Å². The fraction of sp³-hybridized carbons (Fsp3) is 0.613. The van der Waals surface area contributed by atoms with Crippen LogP contribution in [0, 0.1) is 34.5 Å². The lowest BCUT2D eigenvalue weighted by Gasteiger charge is -2.35. The predicted octanol–water partition coefficient (Wildman–Crippen LogP) is 6.44. The predicted molar refractivity (Wildman–Crippen MR) is 151 cm³/mol. The molecule has 0 bridgehead atoms. The van der Waals surface area contributed by atoms with E-state index in [9.17, 15) is 10.1 Å². The molecule has 2 heterocycles. The Morgan fingerprint density at radius 1 is 1.24 bits per heavy atom. The molecule has 0 aromatic carbocycles. The Labute approximate surface area is 227 Å². The van der Waals surface area contributed by atoms with Crippen molar-refractivity contribution in [2.75, 3.05) is 25.0 Å². The monoisotopic (exact) mass is 517 g/mol. The van der Waals surface area contributed by atoms with Gasteiger partial charge in [0.05, 0.1) is 12.7 Å². The number of carbonyl (C=O) groups excluding carboxylic acids is 1. The lowest BCUT2D eigenvalue weighted by Crippen LogP contribution is -2.33. The van der Waals surface area contributed by atoms with Crippen LogP contribution < -0.4 is 5.32 Å². The van der Waals surface area contributed by atoms with Crippen LogP contribution in [0.3, 0.4) is 0 Å². The van der Waals surface area contributed by atoms with Gasteiger partial charge < -0.3 is 20.4 Å². The summed E-state index contributed by atoms with van der Waals surface area (Å²) in [6.45, 7) is 10.2. The lowest BCUT2D eigenvalue weighted by atomic mass is 9.79. The SMILES string of the molecule is CCOC(=O)c1cc(C2C=CC(N3CCC(C#N)CC3)=CC2C)c(C(=N)C(C)C)c(NC2CCCCC2)n1. The van der Waals surface area contributed by atoms with E-state index < -0.39 is 5.97 Å². The molecule has 1 aromatic heterocycles. The summed E-state index contributed by atoms with van der Waals surface area (Å²) in [5, 5.41) is 22.0. The molecule has 0 radical (unpaired) electrons. The number of hydrogen-bond acceptors (Lipinski definition) is 7. The molecule has 2 N–H and O–H groups in total. The minimum absolute atomic E-state index is 0.00702. The van der Waals surface area contributed by atoms with Crippen molar-refractivity contribution in [3.63, 3.8) is 0 Å². The number of anilines is 1. The standard InChI is InChI=1S/C31H43N5O2/c1-5-38-31(37)27-18-26(25-12-11-24(17-21(25)4)36-15-13-22(19-32)14-16-36)28(29(33)20(2)3)30(35-27)34-23-9-7-6-8-10-23/h11-12,17-18,20-23,25,33H,5-10,13-16H2,1-4H3,(H,34,35). The molecule has 38 heavy (non-hydrogen) atoms. The van der Waals surface area contributed by atoms with Crippen molar-refractivity contribution in [2.45, 2.75) is 84.6 Å². The Balaban J connectivity index is 1.72. The van der Waals surface area contributed by atoms with Gasteiger partial charge in [0, 0.05) is 47.9 Å². The van der Waals surface area contributed by atoms with Gasteiger partial charge in [-0.05, 0) is 62.1 Å². The topological polar surface area (TPSA) is 102 Å². The fourth-order valence-electron chi connectivity index (χ4n) is 5.92. The van der Waals surface area contributed by atoms with E-state index in [1.165, 1.54) is 25.0 Å². The summed E-state index contributed by atoms with van der Waals surface area (Å²) in [5.41, 5.74) is 3.82. The van der Waals surface area contributed by atoms with Gasteiger partial charge in [-0.15, -0.1) is 0 Å². The zero-order chi connectivity index (χ0) is 27.2. The highest BCUT2D eigenvalue weighted by atomic mass is 16.5. The van der Waals surface area contributed by atoms with Crippen LogP contribution in [0.15, 0.2) is 30.0 Å². The number of carbonyl (C=O) groups is 1. The largest absolute Gasteiger partial charge is 0.461 e. The van der Waals surface area contributed by atoms with Crippen LogP contribution in [0.25, 0.3) is 0 Å². The molecule has 0 amide bonds. The summed E-state index contributed by atoms with van der Waals surface area (Å²) in [6.07, 6.45) is 14.3. The average molecular weight is 518 g/mol. The third-order valence-corrected chi connectivity index (χ3v) is 8.20. The molecule has 1 saturated heterocycles. The smallest absolute Gasteiger partial charge is 0.357 e. The first kappa shape index (κ1) is 27.9. The second-order valence-corrected chi connectivity index (χ2v) is 11.3. The van der Waals surface area contributed by atoms with E-state index in [4.69, 9.17) is 15.1 Å². The number of esters is 1. The molecule has 4 rings (SSSR count). The summed E-state index contributed by atoms with van der Waals surface area (Å²) < 4.78 is 5.36. The van der Waals surface area contributed by atoms with Gasteiger partial charge in [0.25, 0.3) is 0 Å². The van der Waals surface area contributed by atoms with Crippen molar-refractivity contribution in [3.8, 4) is 6.07 Å². The molecule has 7 heteroatoms. The van der Waals surface area contributed by atoms with Crippen molar-refractivity contribution in [1.29, 1.82) is 10.7 Å². The first-order valence-corrected chi connectivity index (χ1v) is 14.4. The number of nitrogens with one attached hydrogen (secondary N) is 2. The summed E-state index contributed by atoms with van der Waals surface area (Å²) in [5.74, 6) is 0.570. The zero-order valence-electron chi connectivity index (χ0n) is 23.4. The molecule has 204 valence electrons. The minimum atomic E-state index is -0.424. The molecule has 2 atom stereocenters. The van der Waals surface area contributed by atoms with Gasteiger partial charge in [-0.1, -0.05) is 52.2 Å². The molecule has 3 aliphatic rings. The Bertz CT molecular complexity index is 1120. The zero-order valence-corrected chi connectivity index (χ0v) is 23.4. The molecule has 1 aromatic rings. The molecular formula is C31H43N5O2. The second kappa shape index (κ2) is 12.6. The molecule has 1 aliphatic heterocycles. The lowest BCUT2D eigenvalue weighted by molar-refractivity contribution is 0.0519. The Morgan fingerprint density at radius 2 is 1.95 bits per heavy atom. The highest BCUT2D eigenvalue weighted by Gasteiger charge is 2.31. The summed E-state index contributed by atoms with van der Waals surface area (Å²) in [7, 11) is 0. The van der Waals surface area contributed by atoms with E-state index in [-0.39, 0.29) is 23.7 Å². The van der Waals surface area contributed by atoms with Crippen LogP contribution in [-0.4, -0.2) is 47.3 Å². The average Bonchev–Trinajstić information content (AvgIpc) is 2.93. The number of ether oxygens (including phenoxy) is 1. The van der Waals surface area contributed by atoms with Crippen molar-refractivity contribution >= 4 is 17.5 Å². The third kappa shape index (κ3) is 6.28. The number of likely N-dealkylation sites (tertiary alicyclic amines) is 1. The maximum atomic E-state index is 12.9. The molecule has 2 fully saturated rings. The summed E-state index contributed by atoms with van der Waals surface area (Å²) in [6, 6.07) is 4.57. The van der Waals surface area contributed by atoms with Crippen LogP contribution in [-0.2, 0) is 4.74 Å². The van der Waals surface area contributed by atoms with Gasteiger partial charge >= 0.3 is 5.97 Å². The summed E-state index contributed by atoms with van der Waals surface area (Å²) in [4.78, 5) is 20.1. The van der Waals surface area contributed by atoms with E-state index in [1.807, 2.05) is 19.9 Å². The Hall–Kier alpha value is -3.14. The number of rotatable bonds is 8. The van der Waals surface area contributed by atoms with Gasteiger partial charge in [0.15, 0.2) is 5.69 Å². The van der Waals surface area contributed by atoms with Crippen LogP contribution in [0.1, 0.15) is 100 Å². The molecule has 2 aliphatic carbocycles. The van der Waals surface area contributed by atoms with Gasteiger partial charge in [-0.3, -0.25) is 0 Å². The maximum absolute atomic E-state index is 12.9. The second-order valence-electron chi connectivity index (χ2n) is 11.3. The first-order valence-electron chi connectivity index (χ1n) is 14.4. The molecular weight excluding hydrogens is 474 g/mol. The minimum Gasteiger partial charge on any atom is -0.461 e.